The van der Waals surface area contributed by atoms with Crippen LogP contribution in [0.25, 0.3) is 0 Å². The molecule has 3 nitrogen and oxygen atoms in total. The minimum atomic E-state index is 0.161. The summed E-state index contributed by atoms with van der Waals surface area (Å²) < 4.78 is 10.8. The van der Waals surface area contributed by atoms with Crippen LogP contribution in [0, 0.1) is 0 Å². The van der Waals surface area contributed by atoms with Gasteiger partial charge in [0.1, 0.15) is 11.5 Å². The summed E-state index contributed by atoms with van der Waals surface area (Å²) in [6.45, 7) is 2.09. The molecular formula is C13H21NO2S. The van der Waals surface area contributed by atoms with E-state index in [9.17, 15) is 0 Å². The van der Waals surface area contributed by atoms with Crippen molar-refractivity contribution in [1.82, 2.24) is 0 Å². The smallest absolute Gasteiger partial charge is 0.132 e. The molecule has 0 bridgehead atoms. The van der Waals surface area contributed by atoms with Crippen LogP contribution < -0.4 is 15.2 Å². The fourth-order valence-electron chi connectivity index (χ4n) is 1.68. The highest BCUT2D eigenvalue weighted by Gasteiger charge is 2.12. The van der Waals surface area contributed by atoms with Gasteiger partial charge in [-0.05, 0) is 36.8 Å². The first-order valence-electron chi connectivity index (χ1n) is 5.70. The van der Waals surface area contributed by atoms with Gasteiger partial charge in [0.15, 0.2) is 0 Å². The maximum absolute atomic E-state index is 5.99. The van der Waals surface area contributed by atoms with Crippen molar-refractivity contribution in [3.8, 4) is 11.5 Å². The van der Waals surface area contributed by atoms with Gasteiger partial charge in [0.25, 0.3) is 0 Å². The summed E-state index contributed by atoms with van der Waals surface area (Å²) >= 11 is 1.65. The second-order valence-corrected chi connectivity index (χ2v) is 4.74. The van der Waals surface area contributed by atoms with Crippen molar-refractivity contribution in [3.05, 3.63) is 17.7 Å². The number of methoxy groups -OCH3 is 2. The van der Waals surface area contributed by atoms with Gasteiger partial charge in [0, 0.05) is 6.04 Å². The molecule has 1 atom stereocenters. The molecule has 0 saturated carbocycles. The molecule has 0 heterocycles. The third-order valence-electron chi connectivity index (χ3n) is 2.79. The van der Waals surface area contributed by atoms with Gasteiger partial charge in [0.05, 0.1) is 19.1 Å². The Bertz CT molecular complexity index is 369. The van der Waals surface area contributed by atoms with Crippen molar-refractivity contribution >= 4 is 11.8 Å². The molecule has 1 rings (SSSR count). The molecule has 0 spiro atoms. The zero-order chi connectivity index (χ0) is 12.8. The highest BCUT2D eigenvalue weighted by atomic mass is 32.2. The SMILES string of the molecule is CCC(N)Cc1cc(OC)c(SC)cc1OC. The monoisotopic (exact) mass is 255 g/mol. The Hall–Kier alpha value is -0.870. The second-order valence-electron chi connectivity index (χ2n) is 3.89. The lowest BCUT2D eigenvalue weighted by atomic mass is 10.0. The zero-order valence-corrected chi connectivity index (χ0v) is 11.8. The molecule has 1 unspecified atom stereocenters. The van der Waals surface area contributed by atoms with Gasteiger partial charge in [-0.15, -0.1) is 11.8 Å². The molecule has 0 fully saturated rings. The summed E-state index contributed by atoms with van der Waals surface area (Å²) in [7, 11) is 3.37. The van der Waals surface area contributed by atoms with Gasteiger partial charge in [-0.25, -0.2) is 0 Å². The maximum atomic E-state index is 5.99. The largest absolute Gasteiger partial charge is 0.496 e. The minimum absolute atomic E-state index is 0.161. The van der Waals surface area contributed by atoms with Crippen LogP contribution >= 0.6 is 11.8 Å². The van der Waals surface area contributed by atoms with E-state index in [-0.39, 0.29) is 6.04 Å². The van der Waals surface area contributed by atoms with Crippen molar-refractivity contribution < 1.29 is 9.47 Å². The van der Waals surface area contributed by atoms with Crippen molar-refractivity contribution in [2.75, 3.05) is 20.5 Å². The summed E-state index contributed by atoms with van der Waals surface area (Å²) in [5, 5.41) is 0. The summed E-state index contributed by atoms with van der Waals surface area (Å²) in [5.74, 6) is 1.77. The van der Waals surface area contributed by atoms with Crippen LogP contribution in [0.5, 0.6) is 11.5 Å². The van der Waals surface area contributed by atoms with Crippen LogP contribution in [0.1, 0.15) is 18.9 Å². The molecule has 0 radical (unpaired) electrons. The van der Waals surface area contributed by atoms with Crippen molar-refractivity contribution in [2.45, 2.75) is 30.7 Å². The summed E-state index contributed by atoms with van der Waals surface area (Å²) in [6.07, 6.45) is 3.79. The summed E-state index contributed by atoms with van der Waals surface area (Å²) in [4.78, 5) is 1.08. The van der Waals surface area contributed by atoms with E-state index >= 15 is 0 Å². The number of ether oxygens (including phenoxy) is 2. The van der Waals surface area contributed by atoms with E-state index in [0.29, 0.717) is 0 Å². The van der Waals surface area contributed by atoms with Gasteiger partial charge in [-0.3, -0.25) is 0 Å². The van der Waals surface area contributed by atoms with E-state index in [1.807, 2.05) is 18.4 Å². The van der Waals surface area contributed by atoms with Crippen molar-refractivity contribution in [2.24, 2.45) is 5.73 Å². The number of rotatable bonds is 6. The van der Waals surface area contributed by atoms with Crippen molar-refractivity contribution in [3.63, 3.8) is 0 Å². The molecule has 96 valence electrons. The Labute approximate surface area is 108 Å². The third-order valence-corrected chi connectivity index (χ3v) is 3.55. The van der Waals surface area contributed by atoms with E-state index in [0.717, 1.165) is 34.8 Å². The van der Waals surface area contributed by atoms with Gasteiger partial charge in [0.2, 0.25) is 0 Å². The van der Waals surface area contributed by atoms with Crippen molar-refractivity contribution in [1.29, 1.82) is 0 Å². The lowest BCUT2D eigenvalue weighted by molar-refractivity contribution is 0.389. The van der Waals surface area contributed by atoms with E-state index in [1.54, 1.807) is 26.0 Å². The first-order chi connectivity index (χ1) is 8.15. The summed E-state index contributed by atoms with van der Waals surface area (Å²) in [6, 6.07) is 4.20. The molecule has 0 aliphatic carbocycles. The van der Waals surface area contributed by atoms with E-state index < -0.39 is 0 Å². The summed E-state index contributed by atoms with van der Waals surface area (Å²) in [5.41, 5.74) is 7.10. The predicted molar refractivity (Wildman–Crippen MR) is 73.3 cm³/mol. The highest BCUT2D eigenvalue weighted by Crippen LogP contribution is 2.35. The highest BCUT2D eigenvalue weighted by molar-refractivity contribution is 7.98. The Balaban J connectivity index is 3.09. The number of thioether (sulfide) groups is 1. The van der Waals surface area contributed by atoms with Gasteiger partial charge in [-0.1, -0.05) is 6.92 Å². The van der Waals surface area contributed by atoms with Crippen LogP contribution in [-0.4, -0.2) is 26.5 Å². The molecule has 0 amide bonds. The minimum Gasteiger partial charge on any atom is -0.496 e. The average molecular weight is 255 g/mol. The molecule has 17 heavy (non-hydrogen) atoms. The Morgan fingerprint density at radius 1 is 1.24 bits per heavy atom. The number of hydrogen-bond acceptors (Lipinski definition) is 4. The average Bonchev–Trinajstić information content (AvgIpc) is 2.37. The topological polar surface area (TPSA) is 44.5 Å². The molecule has 0 aliphatic rings. The molecule has 0 aliphatic heterocycles. The first-order valence-corrected chi connectivity index (χ1v) is 6.93. The molecule has 1 aromatic carbocycles. The first kappa shape index (κ1) is 14.2. The Kier molecular flexibility index (Phi) is 5.65. The molecule has 0 saturated heterocycles. The zero-order valence-electron chi connectivity index (χ0n) is 10.9. The van der Waals surface area contributed by atoms with Crippen LogP contribution in [0.3, 0.4) is 0 Å². The molecule has 2 N–H and O–H groups in total. The number of nitrogens with two attached hydrogens (primary N) is 1. The maximum Gasteiger partial charge on any atom is 0.132 e. The van der Waals surface area contributed by atoms with Crippen LogP contribution in [0.2, 0.25) is 0 Å². The predicted octanol–water partition coefficient (Wildman–Crippen LogP) is 2.71. The van der Waals surface area contributed by atoms with E-state index in [4.69, 9.17) is 15.2 Å². The van der Waals surface area contributed by atoms with Gasteiger partial charge < -0.3 is 15.2 Å². The second kappa shape index (κ2) is 6.77. The van der Waals surface area contributed by atoms with E-state index in [2.05, 4.69) is 6.92 Å². The van der Waals surface area contributed by atoms with Gasteiger partial charge in [-0.2, -0.15) is 0 Å². The molecule has 1 aromatic rings. The van der Waals surface area contributed by atoms with E-state index in [1.165, 1.54) is 0 Å². The molecular weight excluding hydrogens is 234 g/mol. The quantitative estimate of drug-likeness (QED) is 0.794. The van der Waals surface area contributed by atoms with Gasteiger partial charge >= 0.3 is 0 Å². The normalized spacial score (nSPS) is 12.3. The lowest BCUT2D eigenvalue weighted by Crippen LogP contribution is -2.21. The van der Waals surface area contributed by atoms with Crippen LogP contribution in [0.4, 0.5) is 0 Å². The lowest BCUT2D eigenvalue weighted by Gasteiger charge is -2.16. The fourth-order valence-corrected chi connectivity index (χ4v) is 2.25. The Morgan fingerprint density at radius 2 is 1.88 bits per heavy atom. The molecule has 4 heteroatoms. The molecule has 0 aromatic heterocycles. The number of benzene rings is 1. The Morgan fingerprint density at radius 3 is 2.35 bits per heavy atom. The fraction of sp³-hybridized carbons (Fsp3) is 0.538. The third kappa shape index (κ3) is 3.54. The number of hydrogen-bond donors (Lipinski definition) is 1. The van der Waals surface area contributed by atoms with Crippen LogP contribution in [0.15, 0.2) is 17.0 Å². The standard InChI is InChI=1S/C13H21NO2S/c1-5-10(14)6-9-7-12(16-3)13(17-4)8-11(9)15-2/h7-8,10H,5-6,14H2,1-4H3. The van der Waals surface area contributed by atoms with Crippen LogP contribution in [-0.2, 0) is 6.42 Å².